The van der Waals surface area contributed by atoms with E-state index in [4.69, 9.17) is 0 Å². The number of cyclic esters (lactones) is 2. The van der Waals surface area contributed by atoms with Gasteiger partial charge in [0.25, 0.3) is 0 Å². The van der Waals surface area contributed by atoms with Crippen molar-refractivity contribution in [1.82, 2.24) is 0 Å². The zero-order valence-electron chi connectivity index (χ0n) is 3.55. The summed E-state index contributed by atoms with van der Waals surface area (Å²) in [5.74, 6) is 0. The molecule has 3 nitrogen and oxygen atoms in total. The van der Waals surface area contributed by atoms with E-state index in [9.17, 15) is 4.79 Å². The number of halogens is 1. The molecule has 0 unspecified atom stereocenters. The first-order chi connectivity index (χ1) is 2.89. The Morgan fingerprint density at radius 1 is 1.29 bits per heavy atom. The van der Waals surface area contributed by atoms with Gasteiger partial charge in [-0.1, -0.05) is 0 Å². The molecule has 7 heavy (non-hydrogen) atoms. The van der Waals surface area contributed by atoms with Crippen LogP contribution in [0, 0.1) is 0 Å². The van der Waals surface area contributed by atoms with E-state index in [1.807, 2.05) is 0 Å². The summed E-state index contributed by atoms with van der Waals surface area (Å²) in [5.41, 5.74) is 0. The molecule has 1 aliphatic rings. The van der Waals surface area contributed by atoms with Gasteiger partial charge in [0.1, 0.15) is 13.2 Å². The lowest BCUT2D eigenvalue weighted by Crippen LogP contribution is -1.88. The van der Waals surface area contributed by atoms with Crippen molar-refractivity contribution in [3.8, 4) is 0 Å². The lowest BCUT2D eigenvalue weighted by atomic mass is 10.8. The fourth-order valence-corrected chi connectivity index (χ4v) is 0.292. The molecule has 1 aliphatic heterocycles. The van der Waals surface area contributed by atoms with Gasteiger partial charge in [0, 0.05) is 0 Å². The number of hydrogen-bond donors (Lipinski definition) is 0. The summed E-state index contributed by atoms with van der Waals surface area (Å²) in [6.07, 6.45) is -0.546. The van der Waals surface area contributed by atoms with Gasteiger partial charge < -0.3 is 9.47 Å². The second-order valence-corrected chi connectivity index (χ2v) is 0.947. The van der Waals surface area contributed by atoms with Crippen molar-refractivity contribution in [2.45, 2.75) is 0 Å². The minimum absolute atomic E-state index is 0. The molecule has 0 bridgehead atoms. The van der Waals surface area contributed by atoms with Crippen LogP contribution in [0.1, 0.15) is 0 Å². The van der Waals surface area contributed by atoms with E-state index in [2.05, 4.69) is 9.47 Å². The highest BCUT2D eigenvalue weighted by molar-refractivity contribution is 5.85. The molecule has 1 saturated heterocycles. The van der Waals surface area contributed by atoms with E-state index in [-0.39, 0.29) is 12.4 Å². The van der Waals surface area contributed by atoms with Crippen molar-refractivity contribution in [3.05, 3.63) is 0 Å². The van der Waals surface area contributed by atoms with Gasteiger partial charge in [-0.15, -0.1) is 12.4 Å². The summed E-state index contributed by atoms with van der Waals surface area (Å²) >= 11 is 0. The number of hydrogen-bond acceptors (Lipinski definition) is 3. The Kier molecular flexibility index (Phi) is 2.52. The highest BCUT2D eigenvalue weighted by atomic mass is 35.5. The minimum Gasteiger partial charge on any atom is -0.431 e. The maximum Gasteiger partial charge on any atom is 0.508 e. The third kappa shape index (κ3) is 1.64. The summed E-state index contributed by atoms with van der Waals surface area (Å²) in [5, 5.41) is 0. The zero-order chi connectivity index (χ0) is 4.41. The van der Waals surface area contributed by atoms with Crippen LogP contribution in [0.3, 0.4) is 0 Å². The van der Waals surface area contributed by atoms with Gasteiger partial charge in [-0.05, 0) is 0 Å². The molecule has 0 spiro atoms. The summed E-state index contributed by atoms with van der Waals surface area (Å²) < 4.78 is 8.58. The van der Waals surface area contributed by atoms with Gasteiger partial charge in [-0.3, -0.25) is 0 Å². The van der Waals surface area contributed by atoms with E-state index in [0.717, 1.165) is 0 Å². The van der Waals surface area contributed by atoms with E-state index < -0.39 is 6.16 Å². The lowest BCUT2D eigenvalue weighted by molar-refractivity contribution is 0.131. The molecule has 0 atom stereocenters. The highest BCUT2D eigenvalue weighted by Crippen LogP contribution is 1.92. The molecule has 0 radical (unpaired) electrons. The fraction of sp³-hybridized carbons (Fsp3) is 0.667. The predicted octanol–water partition coefficient (Wildman–Crippen LogP) is 0.575. The van der Waals surface area contributed by atoms with Crippen molar-refractivity contribution in [2.75, 3.05) is 13.2 Å². The van der Waals surface area contributed by atoms with E-state index in [1.54, 1.807) is 0 Å². The number of carbonyl (C=O) groups is 1. The van der Waals surface area contributed by atoms with Crippen LogP contribution < -0.4 is 0 Å². The predicted molar refractivity (Wildman–Crippen MR) is 24.5 cm³/mol. The monoisotopic (exact) mass is 124 g/mol. The first kappa shape index (κ1) is 6.56. The molecule has 0 aliphatic carbocycles. The third-order valence-corrected chi connectivity index (χ3v) is 0.523. The van der Waals surface area contributed by atoms with Gasteiger partial charge in [-0.25, -0.2) is 4.79 Å². The van der Waals surface area contributed by atoms with Crippen molar-refractivity contribution in [3.63, 3.8) is 0 Å². The van der Waals surface area contributed by atoms with Crippen LogP contribution in [-0.4, -0.2) is 19.4 Å². The summed E-state index contributed by atoms with van der Waals surface area (Å²) in [6.45, 7) is 0.831. The third-order valence-electron chi connectivity index (χ3n) is 0.523. The zero-order valence-corrected chi connectivity index (χ0v) is 4.36. The average molecular weight is 125 g/mol. The Hall–Kier alpha value is -0.440. The van der Waals surface area contributed by atoms with Crippen LogP contribution in [0.4, 0.5) is 4.79 Å². The first-order valence-electron chi connectivity index (χ1n) is 1.69. The second kappa shape index (κ2) is 2.69. The maximum absolute atomic E-state index is 9.80. The normalized spacial score (nSPS) is 16.9. The van der Waals surface area contributed by atoms with Gasteiger partial charge in [0.2, 0.25) is 0 Å². The van der Waals surface area contributed by atoms with E-state index in [1.165, 1.54) is 0 Å². The highest BCUT2D eigenvalue weighted by Gasteiger charge is 2.09. The molecule has 0 aromatic rings. The maximum atomic E-state index is 9.80. The molecule has 0 amide bonds. The number of carbonyl (C=O) groups excluding carboxylic acids is 1. The molecular weight excluding hydrogens is 119 g/mol. The van der Waals surface area contributed by atoms with Crippen LogP contribution >= 0.6 is 12.4 Å². The van der Waals surface area contributed by atoms with Crippen LogP contribution in [0.5, 0.6) is 0 Å². The van der Waals surface area contributed by atoms with Gasteiger partial charge >= 0.3 is 6.16 Å². The van der Waals surface area contributed by atoms with Crippen LogP contribution in [0.25, 0.3) is 0 Å². The second-order valence-electron chi connectivity index (χ2n) is 0.947. The Bertz CT molecular complexity index is 64.6. The smallest absolute Gasteiger partial charge is 0.431 e. The molecule has 0 N–H and O–H groups in total. The molecule has 1 rings (SSSR count). The first-order valence-corrected chi connectivity index (χ1v) is 1.69. The molecular formula is C3H5ClO3. The molecule has 0 saturated carbocycles. The van der Waals surface area contributed by atoms with Crippen molar-refractivity contribution >= 4 is 18.6 Å². The fourth-order valence-electron chi connectivity index (χ4n) is 0.292. The Morgan fingerprint density at radius 2 is 1.71 bits per heavy atom. The molecule has 1 heterocycles. The topological polar surface area (TPSA) is 35.5 Å². The quantitative estimate of drug-likeness (QED) is 0.443. The standard InChI is InChI=1S/C3H4O3.ClH/c4-3-5-1-2-6-3;/h1-2H2;1H. The summed E-state index contributed by atoms with van der Waals surface area (Å²) in [7, 11) is 0. The number of ether oxygens (including phenoxy) is 2. The lowest BCUT2D eigenvalue weighted by Gasteiger charge is -1.78. The van der Waals surface area contributed by atoms with Gasteiger partial charge in [0.15, 0.2) is 0 Å². The summed E-state index contributed by atoms with van der Waals surface area (Å²) in [4.78, 5) is 9.80. The SMILES string of the molecule is Cl.O=C1OCCO1. The van der Waals surface area contributed by atoms with Gasteiger partial charge in [-0.2, -0.15) is 0 Å². The molecule has 1 fully saturated rings. The van der Waals surface area contributed by atoms with Crippen molar-refractivity contribution in [2.24, 2.45) is 0 Å². The molecule has 0 aromatic heterocycles. The largest absolute Gasteiger partial charge is 0.508 e. The molecule has 4 heteroatoms. The molecule has 42 valence electrons. The Balaban J connectivity index is 0.000000360. The van der Waals surface area contributed by atoms with E-state index in [0.29, 0.717) is 13.2 Å². The van der Waals surface area contributed by atoms with Crippen molar-refractivity contribution in [1.29, 1.82) is 0 Å². The van der Waals surface area contributed by atoms with Crippen LogP contribution in [0.2, 0.25) is 0 Å². The minimum atomic E-state index is -0.546. The van der Waals surface area contributed by atoms with Gasteiger partial charge in [0.05, 0.1) is 0 Å². The average Bonchev–Trinajstić information content (AvgIpc) is 1.86. The Labute approximate surface area is 47.0 Å². The van der Waals surface area contributed by atoms with Crippen molar-refractivity contribution < 1.29 is 14.3 Å². The van der Waals surface area contributed by atoms with Crippen LogP contribution in [0.15, 0.2) is 0 Å². The summed E-state index contributed by atoms with van der Waals surface area (Å²) in [6, 6.07) is 0. The number of rotatable bonds is 0. The van der Waals surface area contributed by atoms with Crippen LogP contribution in [-0.2, 0) is 9.47 Å². The molecule has 0 aromatic carbocycles. The Morgan fingerprint density at radius 3 is 1.86 bits per heavy atom. The van der Waals surface area contributed by atoms with E-state index >= 15 is 0 Å².